The number of hydrogen-bond donors (Lipinski definition) is 3. The monoisotopic (exact) mass is 199 g/mol. The summed E-state index contributed by atoms with van der Waals surface area (Å²) in [5, 5.41) is -0.608. The molecule has 0 unspecified atom stereocenters. The van der Waals surface area contributed by atoms with Crippen LogP contribution in [0.5, 0.6) is 0 Å². The van der Waals surface area contributed by atoms with Gasteiger partial charge in [0.1, 0.15) is 0 Å². The zero-order valence-corrected chi connectivity index (χ0v) is 6.80. The zero-order valence-electron chi connectivity index (χ0n) is 5.09. The van der Waals surface area contributed by atoms with Crippen molar-refractivity contribution in [1.82, 2.24) is 4.47 Å². The van der Waals surface area contributed by atoms with E-state index in [1.807, 2.05) is 0 Å². The van der Waals surface area contributed by atoms with Crippen molar-refractivity contribution in [3.63, 3.8) is 0 Å². The Morgan fingerprint density at radius 3 is 2.00 bits per heavy atom. The number of urea groups is 1. The Labute approximate surface area is 68.9 Å². The van der Waals surface area contributed by atoms with Gasteiger partial charge in [-0.1, -0.05) is 0 Å². The number of nitrogens with zero attached hydrogens (tertiary/aromatic N) is 1. The number of hydroxylamine groups is 1. The maximum atomic E-state index is 10.2. The maximum absolute atomic E-state index is 10.2. The normalized spacial score (nSPS) is 9.18. The summed E-state index contributed by atoms with van der Waals surface area (Å²) >= 11 is 4.15. The number of hydrogen-bond acceptors (Lipinski definition) is 5. The first-order chi connectivity index (χ1) is 4.95. The predicted octanol–water partition coefficient (Wildman–Crippen LogP) is -1.93. The topological polar surface area (TPSA) is 116 Å². The molecule has 2 amide bonds. The molecule has 0 aliphatic heterocycles. The quantitative estimate of drug-likeness (QED) is 0.257. The van der Waals surface area contributed by atoms with Crippen molar-refractivity contribution < 1.29 is 18.0 Å². The minimum atomic E-state index is -3.27. The molecule has 64 valence electrons. The molecular weight excluding hydrogens is 194 g/mol. The third kappa shape index (κ3) is 3.57. The van der Waals surface area contributed by atoms with E-state index in [0.717, 1.165) is 0 Å². The molecule has 0 aliphatic rings. The fourth-order valence-electron chi connectivity index (χ4n) is 0.244. The molecule has 4 N–H and O–H groups in total. The number of rotatable bonds is 1. The van der Waals surface area contributed by atoms with Crippen LogP contribution in [0, 0.1) is 0 Å². The van der Waals surface area contributed by atoms with E-state index in [9.17, 15) is 13.2 Å². The molecule has 0 aromatic rings. The van der Waals surface area contributed by atoms with Gasteiger partial charge >= 0.3 is 6.03 Å². The largest absolute Gasteiger partial charge is 0.362 e. The van der Waals surface area contributed by atoms with Crippen molar-refractivity contribution in [2.24, 2.45) is 11.5 Å². The molecule has 0 heterocycles. The number of thiol groups is 1. The van der Waals surface area contributed by atoms with E-state index in [4.69, 9.17) is 5.73 Å². The van der Waals surface area contributed by atoms with Crippen LogP contribution in [0.25, 0.3) is 0 Å². The molecule has 0 saturated heterocycles. The van der Waals surface area contributed by atoms with Gasteiger partial charge in [0.05, 0.1) is 0 Å². The highest BCUT2D eigenvalue weighted by atomic mass is 32.2. The average Bonchev–Trinajstić information content (AvgIpc) is 1.81. The Morgan fingerprint density at radius 2 is 1.91 bits per heavy atom. The van der Waals surface area contributed by atoms with Gasteiger partial charge in [0, 0.05) is 0 Å². The second-order valence-corrected chi connectivity index (χ2v) is 2.50. The van der Waals surface area contributed by atoms with Crippen molar-refractivity contribution >= 4 is 34.3 Å². The van der Waals surface area contributed by atoms with Gasteiger partial charge in [0.2, 0.25) is 0 Å². The van der Waals surface area contributed by atoms with E-state index < -0.39 is 22.1 Å². The van der Waals surface area contributed by atoms with E-state index in [1.165, 1.54) is 0 Å². The summed E-state index contributed by atoms with van der Waals surface area (Å²) in [6.07, 6.45) is 0. The lowest BCUT2D eigenvalue weighted by Crippen LogP contribution is -2.37. The summed E-state index contributed by atoms with van der Waals surface area (Å²) in [5.41, 5.74) is 9.31. The Bertz CT molecular complexity index is 240. The predicted molar refractivity (Wildman–Crippen MR) is 39.6 cm³/mol. The van der Waals surface area contributed by atoms with Crippen molar-refractivity contribution in [1.29, 1.82) is 0 Å². The molecule has 7 nitrogen and oxygen atoms in total. The number of thiocarbonyl (C=S) groups is 1. The summed E-state index contributed by atoms with van der Waals surface area (Å²) in [6.45, 7) is 0. The van der Waals surface area contributed by atoms with Crippen molar-refractivity contribution in [2.75, 3.05) is 0 Å². The standard InChI is InChI=1S/C2H5N3O4S2/c3-1(6)5(11(7)8)9-2(4)10/h11H,(H2,3,6)(H2,4,10). The lowest BCUT2D eigenvalue weighted by Gasteiger charge is -2.09. The summed E-state index contributed by atoms with van der Waals surface area (Å²) in [4.78, 5) is 14.2. The van der Waals surface area contributed by atoms with Gasteiger partial charge in [-0.05, 0) is 16.7 Å². The number of nitrogens with two attached hydrogens (primary N) is 2. The van der Waals surface area contributed by atoms with Crippen LogP contribution in [-0.2, 0) is 15.7 Å². The van der Waals surface area contributed by atoms with Gasteiger partial charge in [-0.2, -0.15) is 0 Å². The van der Waals surface area contributed by atoms with Crippen LogP contribution in [0.1, 0.15) is 0 Å². The Balaban J connectivity index is 4.36. The summed E-state index contributed by atoms with van der Waals surface area (Å²) in [7, 11) is -3.27. The van der Waals surface area contributed by atoms with Gasteiger partial charge in [0.25, 0.3) is 16.1 Å². The number of primary amides is 1. The van der Waals surface area contributed by atoms with Crippen molar-refractivity contribution in [3.05, 3.63) is 0 Å². The van der Waals surface area contributed by atoms with Gasteiger partial charge in [0.15, 0.2) is 0 Å². The third-order valence-corrected chi connectivity index (χ3v) is 1.16. The molecule has 9 heteroatoms. The van der Waals surface area contributed by atoms with Crippen LogP contribution in [0.15, 0.2) is 0 Å². The minimum Gasteiger partial charge on any atom is -0.358 e. The Hall–Kier alpha value is -1.09. The van der Waals surface area contributed by atoms with Crippen LogP contribution in [0.3, 0.4) is 0 Å². The Morgan fingerprint density at radius 1 is 1.45 bits per heavy atom. The van der Waals surface area contributed by atoms with E-state index in [-0.39, 0.29) is 4.47 Å². The van der Waals surface area contributed by atoms with Gasteiger partial charge in [-0.3, -0.25) is 0 Å². The first-order valence-corrected chi connectivity index (χ1v) is 3.70. The molecule has 0 atom stereocenters. The maximum Gasteiger partial charge on any atom is 0.362 e. The zero-order chi connectivity index (χ0) is 9.02. The summed E-state index contributed by atoms with van der Waals surface area (Å²) in [6, 6.07) is -1.31. The second kappa shape index (κ2) is 3.93. The first kappa shape index (κ1) is 9.91. The number of amides is 2. The highest BCUT2D eigenvalue weighted by Crippen LogP contribution is 1.88. The molecule has 0 aliphatic carbocycles. The van der Waals surface area contributed by atoms with E-state index in [0.29, 0.717) is 0 Å². The molecule has 0 bridgehead atoms. The molecule has 0 saturated carbocycles. The molecule has 11 heavy (non-hydrogen) atoms. The fourth-order valence-corrected chi connectivity index (χ4v) is 0.689. The van der Waals surface area contributed by atoms with E-state index in [1.54, 1.807) is 0 Å². The van der Waals surface area contributed by atoms with Crippen LogP contribution in [0.2, 0.25) is 0 Å². The van der Waals surface area contributed by atoms with Gasteiger partial charge in [-0.25, -0.2) is 13.2 Å². The molecule has 0 aromatic carbocycles. The lowest BCUT2D eigenvalue weighted by molar-refractivity contribution is 0.0670. The third-order valence-electron chi connectivity index (χ3n) is 0.513. The van der Waals surface area contributed by atoms with Crippen molar-refractivity contribution in [3.8, 4) is 0 Å². The Kier molecular flexibility index (Phi) is 3.54. The highest BCUT2D eigenvalue weighted by Gasteiger charge is 2.14. The van der Waals surface area contributed by atoms with Gasteiger partial charge in [-0.15, -0.1) is 0 Å². The highest BCUT2D eigenvalue weighted by molar-refractivity contribution is 7.80. The summed E-state index contributed by atoms with van der Waals surface area (Å²) in [5.74, 6) is 0. The van der Waals surface area contributed by atoms with E-state index >= 15 is 0 Å². The number of carbonyl (C=O) groups excluding carboxylic acids is 1. The second-order valence-electron chi connectivity index (χ2n) is 1.26. The van der Waals surface area contributed by atoms with Crippen LogP contribution in [0.4, 0.5) is 4.79 Å². The molecule has 0 fully saturated rings. The molecule has 0 aromatic heterocycles. The smallest absolute Gasteiger partial charge is 0.358 e. The molecular formula is C2H5N3O4S2. The summed E-state index contributed by atoms with van der Waals surface area (Å²) < 4.78 is 20.1. The average molecular weight is 199 g/mol. The van der Waals surface area contributed by atoms with Crippen molar-refractivity contribution in [2.45, 2.75) is 0 Å². The molecule has 0 spiro atoms. The SMILES string of the molecule is NC(=O)N(OC(N)=S)[SH](=O)=O. The number of carbonyl (C=O) groups is 1. The lowest BCUT2D eigenvalue weighted by atomic mass is 11.2. The van der Waals surface area contributed by atoms with Gasteiger partial charge < -0.3 is 16.3 Å². The van der Waals surface area contributed by atoms with Crippen LogP contribution >= 0.6 is 12.2 Å². The molecule has 0 radical (unpaired) electrons. The molecule has 0 rings (SSSR count). The van der Waals surface area contributed by atoms with Crippen LogP contribution in [-0.4, -0.2) is 24.1 Å². The minimum absolute atomic E-state index is 0.141. The first-order valence-electron chi connectivity index (χ1n) is 2.16. The fraction of sp³-hybridized carbons (Fsp3) is 0. The van der Waals surface area contributed by atoms with Crippen LogP contribution < -0.4 is 11.5 Å². The van der Waals surface area contributed by atoms with E-state index in [2.05, 4.69) is 22.8 Å².